The lowest BCUT2D eigenvalue weighted by atomic mass is 9.88. The predicted octanol–water partition coefficient (Wildman–Crippen LogP) is 4.19. The second kappa shape index (κ2) is 8.55. The van der Waals surface area contributed by atoms with E-state index in [4.69, 9.17) is 4.74 Å². The highest BCUT2D eigenvalue weighted by Crippen LogP contribution is 2.32. The largest absolute Gasteiger partial charge is 0.455 e. The Labute approximate surface area is 186 Å². The third-order valence-electron chi connectivity index (χ3n) is 5.39. The molecule has 2 N–H and O–H groups in total. The minimum Gasteiger partial charge on any atom is -0.455 e. The van der Waals surface area contributed by atoms with Crippen LogP contribution < -0.4 is 15.4 Å². The Morgan fingerprint density at radius 3 is 2.38 bits per heavy atom. The van der Waals surface area contributed by atoms with Crippen molar-refractivity contribution in [2.45, 2.75) is 19.4 Å². The molecule has 0 saturated carbocycles. The number of urea groups is 1. The SMILES string of the molecule is Cc1ccccc1C1(C)NC(=O)N(CC(=O)Nc2ccccc2Oc2ccccc2)C1=O. The maximum absolute atomic E-state index is 13.1. The van der Waals surface area contributed by atoms with Crippen LogP contribution in [0.15, 0.2) is 78.9 Å². The van der Waals surface area contributed by atoms with Gasteiger partial charge in [0.1, 0.15) is 17.8 Å². The first kappa shape index (κ1) is 21.1. The average molecular weight is 429 g/mol. The first-order chi connectivity index (χ1) is 15.4. The highest BCUT2D eigenvalue weighted by Gasteiger charge is 2.50. The van der Waals surface area contributed by atoms with Gasteiger partial charge in [0.05, 0.1) is 5.69 Å². The highest BCUT2D eigenvalue weighted by molar-refractivity contribution is 6.10. The van der Waals surface area contributed by atoms with E-state index < -0.39 is 29.9 Å². The number of amides is 4. The standard InChI is InChI=1S/C25H23N3O4/c1-17-10-6-7-13-19(17)25(2)23(30)28(24(31)27-25)16-22(29)26-20-14-8-9-15-21(20)32-18-11-4-3-5-12-18/h3-15H,16H2,1-2H3,(H,26,29)(H,27,31). The lowest BCUT2D eigenvalue weighted by Gasteiger charge is -2.24. The van der Waals surface area contributed by atoms with Crippen molar-refractivity contribution in [3.05, 3.63) is 90.0 Å². The molecule has 32 heavy (non-hydrogen) atoms. The van der Waals surface area contributed by atoms with Gasteiger partial charge < -0.3 is 15.4 Å². The van der Waals surface area contributed by atoms with E-state index in [0.29, 0.717) is 22.7 Å². The molecule has 3 aromatic carbocycles. The number of aryl methyl sites for hydroxylation is 1. The van der Waals surface area contributed by atoms with Crippen LogP contribution in [0.5, 0.6) is 11.5 Å². The molecule has 4 amide bonds. The smallest absolute Gasteiger partial charge is 0.325 e. The molecule has 7 heteroatoms. The van der Waals surface area contributed by atoms with Crippen LogP contribution >= 0.6 is 0 Å². The number of imide groups is 1. The highest BCUT2D eigenvalue weighted by atomic mass is 16.5. The molecule has 1 aliphatic heterocycles. The predicted molar refractivity (Wildman–Crippen MR) is 120 cm³/mol. The Bertz CT molecular complexity index is 1180. The Balaban J connectivity index is 1.49. The minimum atomic E-state index is -1.23. The molecular formula is C25H23N3O4. The van der Waals surface area contributed by atoms with Gasteiger partial charge in [-0.1, -0.05) is 54.6 Å². The molecule has 0 aromatic heterocycles. The van der Waals surface area contributed by atoms with Crippen LogP contribution in [0, 0.1) is 6.92 Å². The van der Waals surface area contributed by atoms with Gasteiger partial charge in [0, 0.05) is 0 Å². The number of nitrogens with one attached hydrogen (secondary N) is 2. The maximum Gasteiger partial charge on any atom is 0.325 e. The van der Waals surface area contributed by atoms with Crippen molar-refractivity contribution in [2.24, 2.45) is 0 Å². The molecule has 0 bridgehead atoms. The van der Waals surface area contributed by atoms with Gasteiger partial charge in [0.15, 0.2) is 5.75 Å². The Morgan fingerprint density at radius 2 is 1.62 bits per heavy atom. The van der Waals surface area contributed by atoms with Crippen molar-refractivity contribution in [2.75, 3.05) is 11.9 Å². The monoisotopic (exact) mass is 429 g/mol. The normalized spacial score (nSPS) is 17.8. The third kappa shape index (κ3) is 4.05. The summed E-state index contributed by atoms with van der Waals surface area (Å²) in [5.74, 6) is 0.0960. The molecule has 1 aliphatic rings. The number of hydrogen-bond acceptors (Lipinski definition) is 4. The first-order valence-electron chi connectivity index (χ1n) is 10.2. The van der Waals surface area contributed by atoms with Crippen LogP contribution in [-0.4, -0.2) is 29.3 Å². The van der Waals surface area contributed by atoms with Crippen molar-refractivity contribution >= 4 is 23.5 Å². The number of anilines is 1. The molecule has 3 aromatic rings. The third-order valence-corrected chi connectivity index (χ3v) is 5.39. The summed E-state index contributed by atoms with van der Waals surface area (Å²) in [6.45, 7) is 3.11. The summed E-state index contributed by atoms with van der Waals surface area (Å²) in [6, 6.07) is 22.9. The molecular weight excluding hydrogens is 406 g/mol. The van der Waals surface area contributed by atoms with Crippen LogP contribution in [0.4, 0.5) is 10.5 Å². The zero-order valence-electron chi connectivity index (χ0n) is 17.8. The van der Waals surface area contributed by atoms with Gasteiger partial charge in [0.25, 0.3) is 5.91 Å². The van der Waals surface area contributed by atoms with E-state index in [1.165, 1.54) is 0 Å². The van der Waals surface area contributed by atoms with E-state index >= 15 is 0 Å². The van der Waals surface area contributed by atoms with E-state index in [-0.39, 0.29) is 0 Å². The number of nitrogens with zero attached hydrogens (tertiary/aromatic N) is 1. The molecule has 0 spiro atoms. The molecule has 7 nitrogen and oxygen atoms in total. The average Bonchev–Trinajstić information content (AvgIpc) is 3.00. The van der Waals surface area contributed by atoms with Crippen LogP contribution in [0.3, 0.4) is 0 Å². The van der Waals surface area contributed by atoms with E-state index in [1.807, 2.05) is 43.3 Å². The fourth-order valence-electron chi connectivity index (χ4n) is 3.76. The second-order valence-corrected chi connectivity index (χ2v) is 7.72. The molecule has 1 heterocycles. The zero-order chi connectivity index (χ0) is 22.7. The molecule has 0 aliphatic carbocycles. The van der Waals surface area contributed by atoms with Crippen LogP contribution in [0.1, 0.15) is 18.1 Å². The van der Waals surface area contributed by atoms with E-state index in [1.54, 1.807) is 49.4 Å². The number of hydrogen-bond donors (Lipinski definition) is 2. The van der Waals surface area contributed by atoms with Crippen LogP contribution in [-0.2, 0) is 15.1 Å². The summed E-state index contributed by atoms with van der Waals surface area (Å²) in [5.41, 5.74) is 0.789. The zero-order valence-corrected chi connectivity index (χ0v) is 17.8. The number of rotatable bonds is 6. The van der Waals surface area contributed by atoms with E-state index in [2.05, 4.69) is 10.6 Å². The summed E-state index contributed by atoms with van der Waals surface area (Å²) in [7, 11) is 0. The summed E-state index contributed by atoms with van der Waals surface area (Å²) < 4.78 is 5.85. The second-order valence-electron chi connectivity index (χ2n) is 7.72. The van der Waals surface area contributed by atoms with Crippen molar-refractivity contribution in [1.29, 1.82) is 0 Å². The van der Waals surface area contributed by atoms with Gasteiger partial charge >= 0.3 is 6.03 Å². The van der Waals surface area contributed by atoms with Gasteiger partial charge in [-0.25, -0.2) is 4.79 Å². The first-order valence-corrected chi connectivity index (χ1v) is 10.2. The summed E-state index contributed by atoms with van der Waals surface area (Å²) in [6.07, 6.45) is 0. The van der Waals surface area contributed by atoms with Gasteiger partial charge in [-0.15, -0.1) is 0 Å². The van der Waals surface area contributed by atoms with Gasteiger partial charge in [0.2, 0.25) is 5.91 Å². The number of para-hydroxylation sites is 3. The maximum atomic E-state index is 13.1. The van der Waals surface area contributed by atoms with Crippen LogP contribution in [0.25, 0.3) is 0 Å². The summed E-state index contributed by atoms with van der Waals surface area (Å²) in [5, 5.41) is 5.47. The minimum absolute atomic E-state index is 0.411. The van der Waals surface area contributed by atoms with Crippen LogP contribution in [0.2, 0.25) is 0 Å². The Hall–Kier alpha value is -4.13. The molecule has 1 fully saturated rings. The van der Waals surface area contributed by atoms with Crippen molar-refractivity contribution in [1.82, 2.24) is 10.2 Å². The van der Waals surface area contributed by atoms with Crippen molar-refractivity contribution < 1.29 is 19.1 Å². The fourth-order valence-corrected chi connectivity index (χ4v) is 3.76. The molecule has 4 rings (SSSR count). The topological polar surface area (TPSA) is 87.7 Å². The lowest BCUT2D eigenvalue weighted by molar-refractivity contribution is -0.133. The number of ether oxygens (including phenoxy) is 1. The van der Waals surface area contributed by atoms with Gasteiger partial charge in [-0.3, -0.25) is 14.5 Å². The van der Waals surface area contributed by atoms with Crippen molar-refractivity contribution in [3.8, 4) is 11.5 Å². The number of carbonyl (C=O) groups is 3. The Morgan fingerprint density at radius 1 is 0.969 bits per heavy atom. The molecule has 1 saturated heterocycles. The van der Waals surface area contributed by atoms with Crippen molar-refractivity contribution in [3.63, 3.8) is 0 Å². The number of benzene rings is 3. The number of carbonyl (C=O) groups excluding carboxylic acids is 3. The molecule has 0 radical (unpaired) electrons. The molecule has 1 atom stereocenters. The fraction of sp³-hybridized carbons (Fsp3) is 0.160. The lowest BCUT2D eigenvalue weighted by Crippen LogP contribution is -2.42. The summed E-state index contributed by atoms with van der Waals surface area (Å²) in [4.78, 5) is 39.4. The Kier molecular flexibility index (Phi) is 5.64. The molecule has 1 unspecified atom stereocenters. The quantitative estimate of drug-likeness (QED) is 0.575. The van der Waals surface area contributed by atoms with E-state index in [0.717, 1.165) is 10.5 Å². The van der Waals surface area contributed by atoms with Gasteiger partial charge in [-0.05, 0) is 49.2 Å². The molecule has 162 valence electrons. The summed E-state index contributed by atoms with van der Waals surface area (Å²) >= 11 is 0. The van der Waals surface area contributed by atoms with E-state index in [9.17, 15) is 14.4 Å². The van der Waals surface area contributed by atoms with Gasteiger partial charge in [-0.2, -0.15) is 0 Å².